The smallest absolute Gasteiger partial charge is 0.175 e. The molecule has 0 saturated heterocycles. The standard InChI is InChI=1S/C21H17FS/c22-21(23-19-14-8-3-9-15-19)16-20(21,17-10-4-1-5-11-17)18-12-6-2-7-13-18/h1-15H,16H2. The lowest BCUT2D eigenvalue weighted by molar-refractivity contribution is 0.400. The molecule has 0 nitrogen and oxygen atoms in total. The summed E-state index contributed by atoms with van der Waals surface area (Å²) in [6, 6.07) is 29.9. The molecule has 1 aliphatic rings. The quantitative estimate of drug-likeness (QED) is 0.582. The molecule has 0 radical (unpaired) electrons. The fourth-order valence-electron chi connectivity index (χ4n) is 3.34. The van der Waals surface area contributed by atoms with Gasteiger partial charge in [-0.3, -0.25) is 0 Å². The summed E-state index contributed by atoms with van der Waals surface area (Å²) in [5.41, 5.74) is 1.55. The maximum absolute atomic E-state index is 15.8. The first-order valence-electron chi connectivity index (χ1n) is 7.79. The van der Waals surface area contributed by atoms with E-state index in [1.54, 1.807) is 0 Å². The Morgan fingerprint density at radius 3 is 1.57 bits per heavy atom. The summed E-state index contributed by atoms with van der Waals surface area (Å²) in [5, 5.41) is -1.31. The van der Waals surface area contributed by atoms with E-state index < -0.39 is 10.4 Å². The van der Waals surface area contributed by atoms with Gasteiger partial charge >= 0.3 is 0 Å². The fourth-order valence-corrected chi connectivity index (χ4v) is 4.71. The van der Waals surface area contributed by atoms with Crippen LogP contribution in [0.3, 0.4) is 0 Å². The number of hydrogen-bond acceptors (Lipinski definition) is 1. The monoisotopic (exact) mass is 320 g/mol. The molecule has 23 heavy (non-hydrogen) atoms. The zero-order valence-corrected chi connectivity index (χ0v) is 13.5. The molecule has 1 aliphatic carbocycles. The highest BCUT2D eigenvalue weighted by molar-refractivity contribution is 8.01. The van der Waals surface area contributed by atoms with Crippen molar-refractivity contribution in [1.82, 2.24) is 0 Å². The second-order valence-electron chi connectivity index (χ2n) is 5.96. The number of hydrogen-bond donors (Lipinski definition) is 0. The number of benzene rings is 3. The molecule has 0 N–H and O–H groups in total. The van der Waals surface area contributed by atoms with Crippen LogP contribution < -0.4 is 0 Å². The number of halogens is 1. The van der Waals surface area contributed by atoms with Gasteiger partial charge in [-0.2, -0.15) is 0 Å². The maximum atomic E-state index is 15.8. The summed E-state index contributed by atoms with van der Waals surface area (Å²) >= 11 is 1.34. The Kier molecular flexibility index (Phi) is 3.50. The van der Waals surface area contributed by atoms with E-state index in [-0.39, 0.29) is 0 Å². The van der Waals surface area contributed by atoms with E-state index in [0.717, 1.165) is 16.0 Å². The molecule has 1 unspecified atom stereocenters. The van der Waals surface area contributed by atoms with Gasteiger partial charge in [0.05, 0.1) is 5.41 Å². The first-order valence-corrected chi connectivity index (χ1v) is 8.60. The highest BCUT2D eigenvalue weighted by Gasteiger charge is 2.71. The van der Waals surface area contributed by atoms with Crippen LogP contribution in [0, 0.1) is 0 Å². The van der Waals surface area contributed by atoms with Crippen LogP contribution in [0.1, 0.15) is 17.5 Å². The number of rotatable bonds is 4. The van der Waals surface area contributed by atoms with Crippen molar-refractivity contribution in [2.75, 3.05) is 0 Å². The zero-order valence-electron chi connectivity index (χ0n) is 12.7. The molecule has 2 heteroatoms. The largest absolute Gasteiger partial charge is 0.230 e. The molecule has 0 amide bonds. The van der Waals surface area contributed by atoms with Gasteiger partial charge in [0.2, 0.25) is 0 Å². The lowest BCUT2D eigenvalue weighted by atomic mass is 9.88. The molecule has 0 spiro atoms. The molecule has 0 bridgehead atoms. The number of alkyl halides is 1. The molecule has 1 fully saturated rings. The second-order valence-corrected chi connectivity index (χ2v) is 7.28. The molecule has 114 valence electrons. The van der Waals surface area contributed by atoms with Crippen LogP contribution in [-0.4, -0.2) is 5.00 Å². The lowest BCUT2D eigenvalue weighted by Gasteiger charge is -2.21. The van der Waals surface area contributed by atoms with E-state index in [0.29, 0.717) is 6.42 Å². The van der Waals surface area contributed by atoms with Crippen LogP contribution in [0.25, 0.3) is 0 Å². The van der Waals surface area contributed by atoms with Gasteiger partial charge in [0.25, 0.3) is 0 Å². The summed E-state index contributed by atoms with van der Waals surface area (Å²) in [5.74, 6) is 0. The van der Waals surface area contributed by atoms with Gasteiger partial charge in [0.1, 0.15) is 0 Å². The van der Waals surface area contributed by atoms with Crippen molar-refractivity contribution in [3.8, 4) is 0 Å². The van der Waals surface area contributed by atoms with Crippen molar-refractivity contribution in [2.45, 2.75) is 21.7 Å². The minimum Gasteiger partial charge on any atom is -0.230 e. The molecule has 3 aromatic rings. The Morgan fingerprint density at radius 2 is 1.09 bits per heavy atom. The average molecular weight is 320 g/mol. The van der Waals surface area contributed by atoms with E-state index in [1.165, 1.54) is 11.8 Å². The Morgan fingerprint density at radius 1 is 0.652 bits per heavy atom. The molecule has 3 aromatic carbocycles. The van der Waals surface area contributed by atoms with Crippen LogP contribution in [0.2, 0.25) is 0 Å². The SMILES string of the molecule is FC1(Sc2ccccc2)CC1(c1ccccc1)c1ccccc1. The minimum atomic E-state index is -1.31. The highest BCUT2D eigenvalue weighted by Crippen LogP contribution is 2.70. The second kappa shape index (κ2) is 5.54. The first-order chi connectivity index (χ1) is 11.2. The number of thioether (sulfide) groups is 1. The normalized spacial score (nSPS) is 21.8. The van der Waals surface area contributed by atoms with Crippen LogP contribution in [-0.2, 0) is 5.41 Å². The Labute approximate surface area is 140 Å². The van der Waals surface area contributed by atoms with E-state index in [2.05, 4.69) is 0 Å². The molecule has 0 heterocycles. The van der Waals surface area contributed by atoms with Gasteiger partial charge < -0.3 is 0 Å². The Bertz CT molecular complexity index is 746. The third kappa shape index (κ3) is 2.38. The Balaban J connectivity index is 1.78. The van der Waals surface area contributed by atoms with Gasteiger partial charge in [0.15, 0.2) is 5.00 Å². The molecule has 0 aliphatic heterocycles. The predicted molar refractivity (Wildman–Crippen MR) is 94.4 cm³/mol. The summed E-state index contributed by atoms with van der Waals surface area (Å²) in [6.07, 6.45) is 0.508. The summed E-state index contributed by atoms with van der Waals surface area (Å²) in [4.78, 5) is 0.976. The predicted octanol–water partition coefficient (Wildman–Crippen LogP) is 5.83. The van der Waals surface area contributed by atoms with Crippen molar-refractivity contribution < 1.29 is 4.39 Å². The van der Waals surface area contributed by atoms with Crippen LogP contribution in [0.4, 0.5) is 4.39 Å². The van der Waals surface area contributed by atoms with Crippen molar-refractivity contribution in [3.63, 3.8) is 0 Å². The average Bonchev–Trinajstić information content (AvgIpc) is 3.24. The summed E-state index contributed by atoms with van der Waals surface area (Å²) < 4.78 is 15.8. The van der Waals surface area contributed by atoms with Gasteiger partial charge in [-0.05, 0) is 23.3 Å². The van der Waals surface area contributed by atoms with E-state index in [9.17, 15) is 0 Å². The van der Waals surface area contributed by atoms with Gasteiger partial charge in [-0.15, -0.1) is 0 Å². The minimum absolute atomic E-state index is 0.508. The van der Waals surface area contributed by atoms with Crippen molar-refractivity contribution in [2.24, 2.45) is 0 Å². The van der Waals surface area contributed by atoms with Crippen LogP contribution in [0.15, 0.2) is 95.9 Å². The van der Waals surface area contributed by atoms with Gasteiger partial charge in [-0.25, -0.2) is 4.39 Å². The molecule has 0 aromatic heterocycles. The lowest BCUT2D eigenvalue weighted by Crippen LogP contribution is -2.19. The Hall–Kier alpha value is -2.06. The third-order valence-electron chi connectivity index (χ3n) is 4.56. The fraction of sp³-hybridized carbons (Fsp3) is 0.143. The van der Waals surface area contributed by atoms with E-state index in [1.807, 2.05) is 91.0 Å². The molecular formula is C21H17FS. The maximum Gasteiger partial charge on any atom is 0.175 e. The van der Waals surface area contributed by atoms with E-state index in [4.69, 9.17) is 0 Å². The van der Waals surface area contributed by atoms with Crippen LogP contribution in [0.5, 0.6) is 0 Å². The molecule has 1 saturated carbocycles. The first kappa shape index (κ1) is 14.5. The molecule has 4 rings (SSSR count). The van der Waals surface area contributed by atoms with Crippen molar-refractivity contribution in [3.05, 3.63) is 102 Å². The van der Waals surface area contributed by atoms with E-state index >= 15 is 4.39 Å². The van der Waals surface area contributed by atoms with Crippen LogP contribution >= 0.6 is 11.8 Å². The molecular weight excluding hydrogens is 303 g/mol. The summed E-state index contributed by atoms with van der Waals surface area (Å²) in [6.45, 7) is 0. The highest BCUT2D eigenvalue weighted by atomic mass is 32.2. The molecule has 1 atom stereocenters. The third-order valence-corrected chi connectivity index (χ3v) is 5.89. The van der Waals surface area contributed by atoms with Crippen molar-refractivity contribution in [1.29, 1.82) is 0 Å². The van der Waals surface area contributed by atoms with Gasteiger partial charge in [-0.1, -0.05) is 90.6 Å². The van der Waals surface area contributed by atoms with Crippen molar-refractivity contribution >= 4 is 11.8 Å². The zero-order chi connectivity index (χ0) is 15.8. The topological polar surface area (TPSA) is 0 Å². The summed E-state index contributed by atoms with van der Waals surface area (Å²) in [7, 11) is 0. The van der Waals surface area contributed by atoms with Gasteiger partial charge in [0, 0.05) is 11.3 Å².